The maximum atomic E-state index is 14.4. The Kier molecular flexibility index (Phi) is 8.18. The van der Waals surface area contributed by atoms with Crippen LogP contribution < -0.4 is 20.3 Å². The summed E-state index contributed by atoms with van der Waals surface area (Å²) in [4.78, 5) is 23.9. The zero-order valence-electron chi connectivity index (χ0n) is 21.3. The van der Waals surface area contributed by atoms with Crippen LogP contribution >= 0.6 is 0 Å². The van der Waals surface area contributed by atoms with Gasteiger partial charge in [-0.15, -0.1) is 0 Å². The average Bonchev–Trinajstić information content (AvgIpc) is 2.89. The quantitative estimate of drug-likeness (QED) is 0.337. The van der Waals surface area contributed by atoms with Gasteiger partial charge in [-0.2, -0.15) is 4.98 Å². The van der Waals surface area contributed by atoms with Gasteiger partial charge in [-0.25, -0.2) is 9.37 Å². The Morgan fingerprint density at radius 3 is 2.54 bits per heavy atom. The monoisotopic (exact) mass is 501 g/mol. The van der Waals surface area contributed by atoms with E-state index in [1.54, 1.807) is 42.6 Å². The molecule has 1 fully saturated rings. The van der Waals surface area contributed by atoms with Crippen molar-refractivity contribution in [1.29, 1.82) is 0 Å². The van der Waals surface area contributed by atoms with Gasteiger partial charge >= 0.3 is 0 Å². The maximum absolute atomic E-state index is 14.4. The number of piperidine rings is 1. The summed E-state index contributed by atoms with van der Waals surface area (Å²) >= 11 is 0. The van der Waals surface area contributed by atoms with E-state index < -0.39 is 11.7 Å². The van der Waals surface area contributed by atoms with Gasteiger partial charge < -0.3 is 20.3 Å². The van der Waals surface area contributed by atoms with E-state index in [4.69, 9.17) is 4.74 Å². The Bertz CT molecular complexity index is 1300. The number of hydrogen-bond acceptors (Lipinski definition) is 6. The van der Waals surface area contributed by atoms with Crippen molar-refractivity contribution in [2.75, 3.05) is 28.6 Å². The molecule has 0 saturated carbocycles. The molecule has 0 spiro atoms. The zero-order valence-corrected chi connectivity index (χ0v) is 21.3. The summed E-state index contributed by atoms with van der Waals surface area (Å²) in [5.41, 5.74) is 2.75. The molecule has 1 aliphatic rings. The Morgan fingerprint density at radius 2 is 1.84 bits per heavy atom. The van der Waals surface area contributed by atoms with Crippen LogP contribution in [0.4, 0.5) is 21.7 Å². The standard InChI is InChI=1S/C29H32FN5O2/c1-5-23-24(6-2)26(37-27-12-13-31-29(34-27)32-19(3)4)11-10-25(23)33-28(36)20-16-21(30)18-22(17-20)35-14-8-7-9-15-35/h5-6,10-13,16-19H,1-2,7-9,14-15H2,3-4H3,(H,33,36)(H,31,32,34). The molecule has 8 heteroatoms. The number of anilines is 3. The molecule has 1 saturated heterocycles. The van der Waals surface area contributed by atoms with E-state index in [0.717, 1.165) is 31.6 Å². The second-order valence-electron chi connectivity index (χ2n) is 9.17. The van der Waals surface area contributed by atoms with Crippen molar-refractivity contribution < 1.29 is 13.9 Å². The van der Waals surface area contributed by atoms with E-state index in [-0.39, 0.29) is 11.6 Å². The van der Waals surface area contributed by atoms with Crippen LogP contribution in [-0.2, 0) is 0 Å². The molecular weight excluding hydrogens is 469 g/mol. The molecule has 192 valence electrons. The van der Waals surface area contributed by atoms with Gasteiger partial charge in [-0.1, -0.05) is 25.3 Å². The van der Waals surface area contributed by atoms with Crippen LogP contribution in [0.2, 0.25) is 0 Å². The van der Waals surface area contributed by atoms with E-state index in [2.05, 4.69) is 38.7 Å². The van der Waals surface area contributed by atoms with Crippen molar-refractivity contribution in [1.82, 2.24) is 9.97 Å². The number of amides is 1. The van der Waals surface area contributed by atoms with Crippen LogP contribution in [0.25, 0.3) is 12.2 Å². The first-order chi connectivity index (χ1) is 17.9. The summed E-state index contributed by atoms with van der Waals surface area (Å²) in [6, 6.07) is 9.74. The van der Waals surface area contributed by atoms with Crippen molar-refractivity contribution in [3.05, 3.63) is 78.3 Å². The van der Waals surface area contributed by atoms with Crippen molar-refractivity contribution in [3.8, 4) is 11.6 Å². The predicted octanol–water partition coefficient (Wildman–Crippen LogP) is 6.76. The van der Waals surface area contributed by atoms with Gasteiger partial charge in [0.15, 0.2) is 0 Å². The second-order valence-corrected chi connectivity index (χ2v) is 9.17. The Balaban J connectivity index is 1.58. The van der Waals surface area contributed by atoms with Gasteiger partial charge in [-0.3, -0.25) is 4.79 Å². The van der Waals surface area contributed by atoms with Crippen molar-refractivity contribution >= 4 is 35.4 Å². The molecule has 3 aromatic rings. The average molecular weight is 502 g/mol. The van der Waals surface area contributed by atoms with Crippen molar-refractivity contribution in [2.24, 2.45) is 0 Å². The molecule has 2 heterocycles. The molecule has 0 radical (unpaired) electrons. The molecule has 37 heavy (non-hydrogen) atoms. The smallest absolute Gasteiger partial charge is 0.255 e. The van der Waals surface area contributed by atoms with E-state index in [9.17, 15) is 9.18 Å². The van der Waals surface area contributed by atoms with Crippen LogP contribution in [0.5, 0.6) is 11.6 Å². The van der Waals surface area contributed by atoms with Gasteiger partial charge in [-0.05, 0) is 63.4 Å². The molecule has 4 rings (SSSR count). The third-order valence-corrected chi connectivity index (χ3v) is 6.03. The molecule has 0 unspecified atom stereocenters. The molecule has 0 atom stereocenters. The summed E-state index contributed by atoms with van der Waals surface area (Å²) in [7, 11) is 0. The summed E-state index contributed by atoms with van der Waals surface area (Å²) in [6.07, 6.45) is 8.15. The minimum Gasteiger partial charge on any atom is -0.438 e. The first kappa shape index (κ1) is 25.9. The predicted molar refractivity (Wildman–Crippen MR) is 148 cm³/mol. The number of carbonyl (C=O) groups excluding carboxylic acids is 1. The van der Waals surface area contributed by atoms with Crippen molar-refractivity contribution in [2.45, 2.75) is 39.2 Å². The number of aromatic nitrogens is 2. The molecule has 2 N–H and O–H groups in total. The lowest BCUT2D eigenvalue weighted by Crippen LogP contribution is -2.29. The van der Waals surface area contributed by atoms with E-state index in [1.807, 2.05) is 13.8 Å². The number of halogens is 1. The first-order valence-corrected chi connectivity index (χ1v) is 12.4. The van der Waals surface area contributed by atoms with Gasteiger partial charge in [0, 0.05) is 59.5 Å². The molecule has 1 aromatic heterocycles. The lowest BCUT2D eigenvalue weighted by Gasteiger charge is -2.29. The van der Waals surface area contributed by atoms with Crippen LogP contribution in [0.15, 0.2) is 55.8 Å². The Hall–Kier alpha value is -4.20. The van der Waals surface area contributed by atoms with E-state index in [0.29, 0.717) is 34.4 Å². The van der Waals surface area contributed by atoms with Gasteiger partial charge in [0.2, 0.25) is 11.8 Å². The molecule has 0 aliphatic carbocycles. The summed E-state index contributed by atoms with van der Waals surface area (Å²) in [5, 5.41) is 6.04. The number of carbonyl (C=O) groups is 1. The number of rotatable bonds is 9. The minimum atomic E-state index is -0.441. The minimum absolute atomic E-state index is 0.170. The summed E-state index contributed by atoms with van der Waals surface area (Å²) in [6.45, 7) is 13.5. The van der Waals surface area contributed by atoms with Crippen LogP contribution in [-0.4, -0.2) is 35.0 Å². The number of ether oxygens (including phenoxy) is 1. The normalized spacial score (nSPS) is 13.2. The highest BCUT2D eigenvalue weighted by atomic mass is 19.1. The van der Waals surface area contributed by atoms with Gasteiger partial charge in [0.1, 0.15) is 11.6 Å². The number of nitrogens with zero attached hydrogens (tertiary/aromatic N) is 3. The molecule has 0 bridgehead atoms. The summed E-state index contributed by atoms with van der Waals surface area (Å²) in [5.74, 6) is 0.460. The van der Waals surface area contributed by atoms with E-state index >= 15 is 0 Å². The zero-order chi connectivity index (χ0) is 26.4. The van der Waals surface area contributed by atoms with Crippen LogP contribution in [0.3, 0.4) is 0 Å². The highest BCUT2D eigenvalue weighted by molar-refractivity contribution is 6.06. The van der Waals surface area contributed by atoms with Gasteiger partial charge in [0.25, 0.3) is 5.91 Å². The Labute approximate surface area is 217 Å². The van der Waals surface area contributed by atoms with Crippen LogP contribution in [0.1, 0.15) is 54.6 Å². The number of nitrogens with one attached hydrogen (secondary N) is 2. The van der Waals surface area contributed by atoms with Crippen molar-refractivity contribution in [3.63, 3.8) is 0 Å². The van der Waals surface area contributed by atoms with Crippen LogP contribution in [0, 0.1) is 5.82 Å². The third-order valence-electron chi connectivity index (χ3n) is 6.03. The fraction of sp³-hybridized carbons (Fsp3) is 0.276. The lowest BCUT2D eigenvalue weighted by atomic mass is 10.0. The van der Waals surface area contributed by atoms with Gasteiger partial charge in [0.05, 0.1) is 0 Å². The second kappa shape index (κ2) is 11.7. The fourth-order valence-electron chi connectivity index (χ4n) is 4.32. The highest BCUT2D eigenvalue weighted by Crippen LogP contribution is 2.34. The van der Waals surface area contributed by atoms with E-state index in [1.165, 1.54) is 18.6 Å². The third kappa shape index (κ3) is 6.33. The first-order valence-electron chi connectivity index (χ1n) is 12.4. The topological polar surface area (TPSA) is 79.4 Å². The SMILES string of the molecule is C=Cc1c(NC(=O)c2cc(F)cc(N3CCCCC3)c2)ccc(Oc2ccnc(NC(C)C)n2)c1C=C. The largest absolute Gasteiger partial charge is 0.438 e. The number of hydrogen-bond donors (Lipinski definition) is 2. The fourth-order valence-corrected chi connectivity index (χ4v) is 4.32. The maximum Gasteiger partial charge on any atom is 0.255 e. The molecule has 2 aromatic carbocycles. The molecular formula is C29H32FN5O2. The lowest BCUT2D eigenvalue weighted by molar-refractivity contribution is 0.102. The molecule has 1 amide bonds. The highest BCUT2D eigenvalue weighted by Gasteiger charge is 2.18. The number of benzene rings is 2. The molecule has 7 nitrogen and oxygen atoms in total. The Morgan fingerprint density at radius 1 is 1.08 bits per heavy atom. The summed E-state index contributed by atoms with van der Waals surface area (Å²) < 4.78 is 20.5. The molecule has 1 aliphatic heterocycles.